The molecule has 6 nitrogen and oxygen atoms in total. The predicted molar refractivity (Wildman–Crippen MR) is 123 cm³/mol. The number of carbonyl (C=O) groups is 2. The van der Waals surface area contributed by atoms with E-state index >= 15 is 0 Å². The second-order valence-corrected chi connectivity index (χ2v) is 11.3. The quantitative estimate of drug-likeness (QED) is 0.636. The summed E-state index contributed by atoms with van der Waals surface area (Å²) in [5.74, 6) is -0.651. The van der Waals surface area contributed by atoms with Crippen LogP contribution in [0.4, 0.5) is 13.2 Å². The number of carboxylic acid groups (broad SMARTS) is 1. The highest BCUT2D eigenvalue weighted by Crippen LogP contribution is 2.62. The van der Waals surface area contributed by atoms with Crippen LogP contribution < -0.4 is 5.32 Å². The number of rotatable bonds is 6. The average molecular weight is 494 g/mol. The number of aliphatic carboxylic acids is 1. The molecule has 1 saturated heterocycles. The maximum atomic E-state index is 14.0. The van der Waals surface area contributed by atoms with Crippen molar-refractivity contribution in [1.29, 1.82) is 0 Å². The number of piperazine rings is 1. The highest BCUT2D eigenvalue weighted by atomic mass is 19.4. The fourth-order valence-electron chi connectivity index (χ4n) is 7.66. The standard InChI is InChI=1S/C26H34F3N3O3/c1-16-20-10-18-9-19(12-25(16,11-18)24(34)35)23(20)30-22(33)15-32-8-7-31(14-21(32)26(27,28)29)13-17-5-3-2-4-6-17/h2-6,16,18-21,23H,7-15H2,1H3,(H,30,33)(H,34,35). The van der Waals surface area contributed by atoms with E-state index in [1.54, 1.807) is 4.90 Å². The molecule has 192 valence electrons. The molecule has 4 saturated carbocycles. The molecular formula is C26H34F3N3O3. The third-order valence-corrected chi connectivity index (χ3v) is 9.31. The second kappa shape index (κ2) is 9.07. The average Bonchev–Trinajstić information content (AvgIpc) is 2.80. The van der Waals surface area contributed by atoms with E-state index in [0.29, 0.717) is 31.8 Å². The number of benzene rings is 1. The number of hydrogen-bond donors (Lipinski definition) is 2. The molecule has 2 N–H and O–H groups in total. The summed E-state index contributed by atoms with van der Waals surface area (Å²) in [7, 11) is 0. The SMILES string of the molecule is CC1C2CC3CC(CC1(C(=O)O)C3)C2NC(=O)CN1CCN(Cc2ccccc2)CC1C(F)(F)F. The second-order valence-electron chi connectivity index (χ2n) is 11.3. The minimum Gasteiger partial charge on any atom is -0.481 e. The summed E-state index contributed by atoms with van der Waals surface area (Å²) in [5, 5.41) is 13.0. The molecule has 1 heterocycles. The Morgan fingerprint density at radius 1 is 1.14 bits per heavy atom. The van der Waals surface area contributed by atoms with Gasteiger partial charge in [-0.05, 0) is 54.9 Å². The van der Waals surface area contributed by atoms with E-state index in [1.807, 2.05) is 37.3 Å². The molecule has 35 heavy (non-hydrogen) atoms. The van der Waals surface area contributed by atoms with E-state index in [0.717, 1.165) is 18.4 Å². The van der Waals surface area contributed by atoms with E-state index in [4.69, 9.17) is 0 Å². The summed E-state index contributed by atoms with van der Waals surface area (Å²) in [5.41, 5.74) is 0.253. The Labute approximate surface area is 203 Å². The molecule has 1 amide bonds. The largest absolute Gasteiger partial charge is 0.481 e. The maximum Gasteiger partial charge on any atom is 0.405 e. The summed E-state index contributed by atoms with van der Waals surface area (Å²) in [6.07, 6.45) is -1.39. The number of nitrogens with zero attached hydrogens (tertiary/aromatic N) is 2. The van der Waals surface area contributed by atoms with Crippen molar-refractivity contribution in [2.45, 2.75) is 57.4 Å². The Hall–Kier alpha value is -2.13. The summed E-state index contributed by atoms with van der Waals surface area (Å²) < 4.78 is 41.9. The number of alkyl halides is 3. The van der Waals surface area contributed by atoms with Crippen molar-refractivity contribution in [3.05, 3.63) is 35.9 Å². The number of carboxylic acids is 1. The number of halogens is 3. The molecule has 7 unspecified atom stereocenters. The molecule has 0 aromatic heterocycles. The summed E-state index contributed by atoms with van der Waals surface area (Å²) in [4.78, 5) is 28.2. The Balaban J connectivity index is 1.23. The minimum atomic E-state index is -4.43. The van der Waals surface area contributed by atoms with Gasteiger partial charge in [0.05, 0.1) is 12.0 Å². The molecule has 6 rings (SSSR count). The maximum absolute atomic E-state index is 14.0. The van der Waals surface area contributed by atoms with Crippen LogP contribution in [-0.2, 0) is 16.1 Å². The van der Waals surface area contributed by atoms with Crippen LogP contribution in [0.5, 0.6) is 0 Å². The van der Waals surface area contributed by atoms with Gasteiger partial charge in [-0.3, -0.25) is 19.4 Å². The van der Waals surface area contributed by atoms with E-state index in [1.165, 1.54) is 4.90 Å². The molecule has 5 aliphatic rings. The predicted octanol–water partition coefficient (Wildman–Crippen LogP) is 3.38. The number of hydrogen-bond acceptors (Lipinski definition) is 4. The van der Waals surface area contributed by atoms with Crippen LogP contribution in [0.15, 0.2) is 30.3 Å². The highest BCUT2D eigenvalue weighted by molar-refractivity contribution is 5.79. The van der Waals surface area contributed by atoms with Crippen molar-refractivity contribution < 1.29 is 27.9 Å². The molecule has 1 aromatic carbocycles. The monoisotopic (exact) mass is 493 g/mol. The van der Waals surface area contributed by atoms with Gasteiger partial charge in [-0.25, -0.2) is 0 Å². The minimum absolute atomic E-state index is 0.0532. The highest BCUT2D eigenvalue weighted by Gasteiger charge is 2.63. The first-order valence-electron chi connectivity index (χ1n) is 12.7. The van der Waals surface area contributed by atoms with Gasteiger partial charge < -0.3 is 10.4 Å². The van der Waals surface area contributed by atoms with Gasteiger partial charge in [0.25, 0.3) is 0 Å². The Morgan fingerprint density at radius 2 is 1.89 bits per heavy atom. The molecule has 4 aliphatic carbocycles. The van der Waals surface area contributed by atoms with Crippen LogP contribution in [0.25, 0.3) is 0 Å². The fourth-order valence-corrected chi connectivity index (χ4v) is 7.66. The van der Waals surface area contributed by atoms with Gasteiger partial charge in [0.15, 0.2) is 0 Å². The molecule has 1 aliphatic heterocycles. The van der Waals surface area contributed by atoms with Crippen LogP contribution in [0.1, 0.15) is 38.2 Å². The molecule has 0 radical (unpaired) electrons. The summed E-state index contributed by atoms with van der Waals surface area (Å²) in [6.45, 7) is 2.60. The van der Waals surface area contributed by atoms with Gasteiger partial charge in [0.1, 0.15) is 6.04 Å². The van der Waals surface area contributed by atoms with E-state index in [9.17, 15) is 27.9 Å². The first kappa shape index (κ1) is 24.6. The van der Waals surface area contributed by atoms with Crippen molar-refractivity contribution >= 4 is 11.9 Å². The molecule has 4 bridgehead atoms. The zero-order chi connectivity index (χ0) is 25.0. The molecular weight excluding hydrogens is 459 g/mol. The number of amides is 1. The van der Waals surface area contributed by atoms with Crippen LogP contribution in [0.2, 0.25) is 0 Å². The van der Waals surface area contributed by atoms with Gasteiger partial charge >= 0.3 is 12.1 Å². The van der Waals surface area contributed by atoms with Crippen molar-refractivity contribution in [2.75, 3.05) is 26.2 Å². The fraction of sp³-hybridized carbons (Fsp3) is 0.692. The Bertz CT molecular complexity index is 958. The first-order chi connectivity index (χ1) is 16.6. The lowest BCUT2D eigenvalue weighted by Gasteiger charge is -2.61. The normalized spacial score (nSPS) is 37.4. The van der Waals surface area contributed by atoms with E-state index < -0.39 is 23.6 Å². The van der Waals surface area contributed by atoms with Gasteiger partial charge in [0, 0.05) is 32.2 Å². The van der Waals surface area contributed by atoms with Crippen LogP contribution in [0, 0.1) is 29.1 Å². The lowest BCUT2D eigenvalue weighted by molar-refractivity contribution is -0.198. The van der Waals surface area contributed by atoms with Crippen LogP contribution in [-0.4, -0.2) is 71.2 Å². The number of carbonyl (C=O) groups excluding carboxylic acids is 1. The van der Waals surface area contributed by atoms with Gasteiger partial charge in [-0.1, -0.05) is 37.3 Å². The zero-order valence-corrected chi connectivity index (χ0v) is 20.0. The molecule has 5 fully saturated rings. The molecule has 0 spiro atoms. The number of nitrogens with one attached hydrogen (secondary N) is 1. The molecule has 7 atom stereocenters. The van der Waals surface area contributed by atoms with E-state index in [-0.39, 0.29) is 49.3 Å². The smallest absolute Gasteiger partial charge is 0.405 e. The third kappa shape index (κ3) is 4.57. The van der Waals surface area contributed by atoms with Crippen molar-refractivity contribution in [1.82, 2.24) is 15.1 Å². The Kier molecular flexibility index (Phi) is 6.36. The van der Waals surface area contributed by atoms with Gasteiger partial charge in [-0.15, -0.1) is 0 Å². The van der Waals surface area contributed by atoms with Gasteiger partial charge in [-0.2, -0.15) is 13.2 Å². The lowest BCUT2D eigenvalue weighted by Crippen LogP contribution is -2.66. The first-order valence-corrected chi connectivity index (χ1v) is 12.7. The van der Waals surface area contributed by atoms with Gasteiger partial charge in [0.2, 0.25) is 5.91 Å². The summed E-state index contributed by atoms with van der Waals surface area (Å²) >= 11 is 0. The summed E-state index contributed by atoms with van der Waals surface area (Å²) in [6, 6.07) is 7.60. The van der Waals surface area contributed by atoms with Crippen LogP contribution >= 0.6 is 0 Å². The van der Waals surface area contributed by atoms with E-state index in [2.05, 4.69) is 5.32 Å². The lowest BCUT2D eigenvalue weighted by atomic mass is 9.44. The van der Waals surface area contributed by atoms with Crippen molar-refractivity contribution in [3.63, 3.8) is 0 Å². The Morgan fingerprint density at radius 3 is 2.57 bits per heavy atom. The van der Waals surface area contributed by atoms with Crippen molar-refractivity contribution in [2.24, 2.45) is 29.1 Å². The molecule has 1 aromatic rings. The van der Waals surface area contributed by atoms with Crippen molar-refractivity contribution in [3.8, 4) is 0 Å². The topological polar surface area (TPSA) is 72.9 Å². The third-order valence-electron chi connectivity index (χ3n) is 9.31. The molecule has 9 heteroatoms. The zero-order valence-electron chi connectivity index (χ0n) is 20.0. The van der Waals surface area contributed by atoms with Crippen LogP contribution in [0.3, 0.4) is 0 Å².